The van der Waals surface area contributed by atoms with Gasteiger partial charge < -0.3 is 13.7 Å². The van der Waals surface area contributed by atoms with Crippen molar-refractivity contribution in [2.45, 2.75) is 0 Å². The lowest BCUT2D eigenvalue weighted by Crippen LogP contribution is -2.29. The zero-order valence-corrected chi connectivity index (χ0v) is 10.2. The quantitative estimate of drug-likeness (QED) is 0.764. The highest BCUT2D eigenvalue weighted by molar-refractivity contribution is 6.23. The summed E-state index contributed by atoms with van der Waals surface area (Å²) in [5, 5.41) is 0.275. The van der Waals surface area contributed by atoms with Crippen LogP contribution in [-0.2, 0) is 11.8 Å². The van der Waals surface area contributed by atoms with E-state index >= 15 is 0 Å². The second-order valence-corrected chi connectivity index (χ2v) is 4.16. The van der Waals surface area contributed by atoms with E-state index in [1.165, 1.54) is 24.0 Å². The molecule has 1 aliphatic carbocycles. The molecule has 0 saturated heterocycles. The normalized spacial score (nSPS) is 14.5. The summed E-state index contributed by atoms with van der Waals surface area (Å²) in [6.07, 6.45) is 2.38. The van der Waals surface area contributed by atoms with Crippen LogP contribution in [0.15, 0.2) is 33.4 Å². The zero-order valence-electron chi connectivity index (χ0n) is 10.2. The van der Waals surface area contributed by atoms with Gasteiger partial charge in [-0.25, -0.2) is 0 Å². The summed E-state index contributed by atoms with van der Waals surface area (Å²) in [4.78, 5) is 36.4. The van der Waals surface area contributed by atoms with Gasteiger partial charge in [-0.05, 0) is 6.07 Å². The van der Waals surface area contributed by atoms with E-state index in [4.69, 9.17) is 9.15 Å². The summed E-state index contributed by atoms with van der Waals surface area (Å²) in [6.45, 7) is 0. The van der Waals surface area contributed by atoms with Crippen molar-refractivity contribution in [3.63, 3.8) is 0 Å². The van der Waals surface area contributed by atoms with E-state index in [0.29, 0.717) is 0 Å². The maximum Gasteiger partial charge on any atom is 0.244 e. The van der Waals surface area contributed by atoms with Gasteiger partial charge in [-0.15, -0.1) is 0 Å². The number of furan rings is 1. The monoisotopic (exact) mass is 259 g/mol. The molecule has 2 aromatic rings. The third kappa shape index (κ3) is 1.33. The van der Waals surface area contributed by atoms with Crippen molar-refractivity contribution in [3.05, 3.63) is 45.6 Å². The summed E-state index contributed by atoms with van der Waals surface area (Å²) < 4.78 is 11.5. The van der Waals surface area contributed by atoms with E-state index in [-0.39, 0.29) is 28.1 Å². The largest absolute Gasteiger partial charge is 0.492 e. The van der Waals surface area contributed by atoms with Crippen LogP contribution in [0.4, 0.5) is 0 Å². The predicted octanol–water partition coefficient (Wildman–Crippen LogP) is 1.04. The number of fused-ring (bicyclic) bond motifs is 2. The van der Waals surface area contributed by atoms with Gasteiger partial charge in [0.15, 0.2) is 11.5 Å². The minimum atomic E-state index is -0.532. The third-order valence-corrected chi connectivity index (χ3v) is 3.16. The molecule has 0 N–H and O–H groups in total. The molecule has 0 unspecified atom stereocenters. The Hall–Kier alpha value is -2.63. The van der Waals surface area contributed by atoms with Crippen molar-refractivity contribution in [1.29, 1.82) is 0 Å². The van der Waals surface area contributed by atoms with Crippen LogP contribution in [0.1, 0.15) is 20.8 Å². The lowest BCUT2D eigenvalue weighted by Gasteiger charge is -2.16. The number of methoxy groups -OCH3 is 1. The van der Waals surface area contributed by atoms with Gasteiger partial charge in [0.2, 0.25) is 16.9 Å². The average molecular weight is 259 g/mol. The van der Waals surface area contributed by atoms with Crippen molar-refractivity contribution in [3.8, 4) is 0 Å². The first-order chi connectivity index (χ1) is 9.06. The number of carbonyl (C=O) groups excluding carboxylic acids is 2. The molecule has 19 heavy (non-hydrogen) atoms. The van der Waals surface area contributed by atoms with Crippen LogP contribution in [0.5, 0.6) is 0 Å². The highest BCUT2D eigenvalue weighted by Crippen LogP contribution is 2.23. The number of ether oxygens (including phenoxy) is 1. The number of allylic oxidation sites excluding steroid dienone is 2. The Morgan fingerprint density at radius 3 is 2.68 bits per heavy atom. The molecule has 6 heteroatoms. The van der Waals surface area contributed by atoms with E-state index in [0.717, 1.165) is 6.08 Å². The van der Waals surface area contributed by atoms with E-state index in [2.05, 4.69) is 0 Å². The average Bonchev–Trinajstić information content (AvgIpc) is 2.87. The fourth-order valence-corrected chi connectivity index (χ4v) is 2.26. The smallest absolute Gasteiger partial charge is 0.244 e. The Kier molecular flexibility index (Phi) is 2.22. The Morgan fingerprint density at radius 1 is 1.26 bits per heavy atom. The van der Waals surface area contributed by atoms with Crippen molar-refractivity contribution in [2.24, 2.45) is 7.05 Å². The summed E-state index contributed by atoms with van der Waals surface area (Å²) in [7, 11) is 2.86. The number of hydrogen-bond acceptors (Lipinski definition) is 5. The van der Waals surface area contributed by atoms with Crippen LogP contribution in [0.3, 0.4) is 0 Å². The Balaban J connectivity index is 2.50. The number of pyridine rings is 1. The number of nitrogens with zero attached hydrogens (tertiary/aromatic N) is 1. The molecule has 6 nitrogen and oxygen atoms in total. The summed E-state index contributed by atoms with van der Waals surface area (Å²) in [6, 6.07) is 1.48. The summed E-state index contributed by atoms with van der Waals surface area (Å²) in [5.74, 6) is -1.12. The van der Waals surface area contributed by atoms with Gasteiger partial charge >= 0.3 is 0 Å². The lowest BCUT2D eigenvalue weighted by atomic mass is 9.96. The number of ketones is 2. The fraction of sp³-hybridized carbons (Fsp3) is 0.154. The second-order valence-electron chi connectivity index (χ2n) is 4.16. The summed E-state index contributed by atoms with van der Waals surface area (Å²) in [5.41, 5.74) is -0.386. The molecule has 96 valence electrons. The highest BCUT2D eigenvalue weighted by Gasteiger charge is 2.32. The molecule has 2 aromatic heterocycles. The molecule has 0 amide bonds. The van der Waals surface area contributed by atoms with Gasteiger partial charge in [-0.3, -0.25) is 14.4 Å². The van der Waals surface area contributed by atoms with Gasteiger partial charge in [0.1, 0.15) is 5.69 Å². The van der Waals surface area contributed by atoms with Crippen LogP contribution in [-0.4, -0.2) is 23.2 Å². The predicted molar refractivity (Wildman–Crippen MR) is 65.2 cm³/mol. The number of Topliss-reactive ketones (excluding diaryl/α,β-unsaturated/α-hetero) is 1. The van der Waals surface area contributed by atoms with Crippen LogP contribution >= 0.6 is 0 Å². The number of aromatic nitrogens is 1. The Morgan fingerprint density at radius 2 is 2.00 bits per heavy atom. The van der Waals surface area contributed by atoms with Crippen molar-refractivity contribution >= 4 is 22.7 Å². The van der Waals surface area contributed by atoms with Crippen molar-refractivity contribution in [1.82, 2.24) is 4.57 Å². The highest BCUT2D eigenvalue weighted by atomic mass is 16.5. The standard InChI is InChI=1S/C13H9NO5/c1-14-10-9(7(15)5-8(18-2)12(10)17)11(16)6-3-4-19-13(6)14/h3-5H,1-2H3. The topological polar surface area (TPSA) is 78.5 Å². The first-order valence-electron chi connectivity index (χ1n) is 5.51. The molecule has 0 aliphatic heterocycles. The maximum atomic E-state index is 12.2. The molecular weight excluding hydrogens is 250 g/mol. The molecule has 0 bridgehead atoms. The van der Waals surface area contributed by atoms with Gasteiger partial charge in [0.25, 0.3) is 0 Å². The minimum absolute atomic E-state index is 0.00296. The number of aryl methyl sites for hydroxylation is 1. The fourth-order valence-electron chi connectivity index (χ4n) is 2.26. The van der Waals surface area contributed by atoms with E-state index in [9.17, 15) is 14.4 Å². The van der Waals surface area contributed by atoms with Crippen LogP contribution in [0.2, 0.25) is 0 Å². The van der Waals surface area contributed by atoms with Gasteiger partial charge in [-0.1, -0.05) is 0 Å². The Bertz CT molecular complexity index is 821. The first kappa shape index (κ1) is 11.5. The molecule has 2 heterocycles. The van der Waals surface area contributed by atoms with Crippen molar-refractivity contribution in [2.75, 3.05) is 7.11 Å². The SMILES string of the molecule is COC1=CC(=O)c2c(n(C)c3occc3c2=O)C1=O. The molecule has 1 aliphatic rings. The van der Waals surface area contributed by atoms with Gasteiger partial charge in [0, 0.05) is 13.1 Å². The lowest BCUT2D eigenvalue weighted by molar-refractivity contribution is 0.0907. The van der Waals surface area contributed by atoms with Gasteiger partial charge in [0.05, 0.1) is 24.3 Å². The molecule has 0 saturated carbocycles. The first-order valence-corrected chi connectivity index (χ1v) is 5.51. The molecule has 0 spiro atoms. The van der Waals surface area contributed by atoms with Crippen LogP contribution < -0.4 is 5.43 Å². The molecule has 0 atom stereocenters. The second kappa shape index (κ2) is 3.68. The minimum Gasteiger partial charge on any atom is -0.492 e. The number of hydrogen-bond donors (Lipinski definition) is 0. The maximum absolute atomic E-state index is 12.2. The van der Waals surface area contributed by atoms with E-state index in [1.54, 1.807) is 7.05 Å². The molecule has 0 radical (unpaired) electrons. The molecule has 0 aromatic carbocycles. The zero-order chi connectivity index (χ0) is 13.7. The summed E-state index contributed by atoms with van der Waals surface area (Å²) >= 11 is 0. The van der Waals surface area contributed by atoms with Crippen LogP contribution in [0, 0.1) is 0 Å². The van der Waals surface area contributed by atoms with Crippen LogP contribution in [0.25, 0.3) is 11.1 Å². The van der Waals surface area contributed by atoms with E-state index in [1.807, 2.05) is 0 Å². The number of rotatable bonds is 1. The Labute approximate surface area is 106 Å². The van der Waals surface area contributed by atoms with Crippen molar-refractivity contribution < 1.29 is 18.7 Å². The van der Waals surface area contributed by atoms with E-state index < -0.39 is 17.0 Å². The third-order valence-electron chi connectivity index (χ3n) is 3.16. The van der Waals surface area contributed by atoms with Gasteiger partial charge in [-0.2, -0.15) is 0 Å². The molecular formula is C13H9NO5. The molecule has 3 rings (SSSR count). The number of carbonyl (C=O) groups is 2. The molecule has 0 fully saturated rings.